The van der Waals surface area contributed by atoms with Gasteiger partial charge in [-0.1, -0.05) is 38.1 Å². The van der Waals surface area contributed by atoms with Crippen molar-refractivity contribution in [3.8, 4) is 0 Å². The van der Waals surface area contributed by atoms with E-state index in [-0.39, 0.29) is 29.8 Å². The van der Waals surface area contributed by atoms with Crippen molar-refractivity contribution in [2.45, 2.75) is 96.3 Å². The maximum Gasteiger partial charge on any atom is 0.217 e. The van der Waals surface area contributed by atoms with Crippen molar-refractivity contribution in [1.29, 1.82) is 0 Å². The maximum absolute atomic E-state index is 10.9. The van der Waals surface area contributed by atoms with Crippen LogP contribution in [-0.4, -0.2) is 64.5 Å². The van der Waals surface area contributed by atoms with Gasteiger partial charge in [-0.3, -0.25) is 9.59 Å². The molecule has 1 spiro atoms. The molecule has 1 aromatic rings. The lowest BCUT2D eigenvalue weighted by Gasteiger charge is -2.60. The molecule has 3 N–H and O–H groups in total. The van der Waals surface area contributed by atoms with Crippen LogP contribution in [0.15, 0.2) is 24.3 Å². The van der Waals surface area contributed by atoms with Gasteiger partial charge in [0.25, 0.3) is 0 Å². The Bertz CT molecular complexity index is 994. The van der Waals surface area contributed by atoms with Crippen molar-refractivity contribution in [3.05, 3.63) is 35.4 Å². The second-order valence-electron chi connectivity index (χ2n) is 11.3. The van der Waals surface area contributed by atoms with E-state index >= 15 is 0 Å². The number of ether oxygens (including phenoxy) is 3. The van der Waals surface area contributed by atoms with E-state index in [2.05, 4.69) is 31.8 Å². The lowest BCUT2D eigenvalue weighted by molar-refractivity contribution is -0.577. The van der Waals surface area contributed by atoms with Crippen LogP contribution in [0.25, 0.3) is 0 Å². The highest BCUT2D eigenvalue weighted by Gasteiger charge is 2.69. The van der Waals surface area contributed by atoms with Gasteiger partial charge in [0, 0.05) is 36.5 Å². The molecular weight excluding hydrogens is 526 g/mol. The van der Waals surface area contributed by atoms with E-state index in [0.29, 0.717) is 24.0 Å². The molecule has 4 aliphatic heterocycles. The summed E-state index contributed by atoms with van der Waals surface area (Å²) in [6, 6.07) is 6.76. The fourth-order valence-electron chi connectivity index (χ4n) is 6.41. The minimum Gasteiger partial charge on any atom is -0.366 e. The highest BCUT2D eigenvalue weighted by molar-refractivity contribution is 7.80. The number of hydrogen-bond donors (Lipinski definition) is 4. The van der Waals surface area contributed by atoms with Crippen LogP contribution < -0.4 is 5.32 Å². The fraction of sp³-hybridized carbons (Fsp3) is 0.714. The molecule has 39 heavy (non-hydrogen) atoms. The molecule has 0 radical (unpaired) electrons. The first-order valence-electron chi connectivity index (χ1n) is 13.6. The van der Waals surface area contributed by atoms with Crippen LogP contribution in [0.5, 0.6) is 0 Å². The molecule has 4 heterocycles. The molecule has 11 heteroatoms. The first-order valence-corrected chi connectivity index (χ1v) is 14.3. The van der Waals surface area contributed by atoms with Crippen molar-refractivity contribution < 1.29 is 43.8 Å². The zero-order chi connectivity index (χ0) is 28.4. The van der Waals surface area contributed by atoms with Crippen molar-refractivity contribution in [2.24, 2.45) is 23.7 Å². The molecule has 10 nitrogen and oxygen atoms in total. The summed E-state index contributed by atoms with van der Waals surface area (Å²) in [6.45, 7) is 8.16. The second-order valence-corrected chi connectivity index (χ2v) is 11.7. The Labute approximate surface area is 235 Å². The Morgan fingerprint density at radius 2 is 1.90 bits per heavy atom. The fourth-order valence-corrected chi connectivity index (χ4v) is 6.69. The van der Waals surface area contributed by atoms with E-state index in [4.69, 9.17) is 34.2 Å². The molecule has 5 unspecified atom stereocenters. The third-order valence-electron chi connectivity index (χ3n) is 8.57. The summed E-state index contributed by atoms with van der Waals surface area (Å²) in [5.41, 5.74) is 1.11. The lowest BCUT2D eigenvalue weighted by atomic mass is 9.58. The summed E-state index contributed by atoms with van der Waals surface area (Å²) in [6.07, 6.45) is 2.50. The predicted molar refractivity (Wildman–Crippen MR) is 143 cm³/mol. The molecule has 1 aliphatic carbocycles. The van der Waals surface area contributed by atoms with Crippen molar-refractivity contribution in [1.82, 2.24) is 5.32 Å². The van der Waals surface area contributed by atoms with Gasteiger partial charge in [0.2, 0.25) is 11.7 Å². The number of carbonyl (C=O) groups is 2. The van der Waals surface area contributed by atoms with Crippen LogP contribution in [-0.2, 0) is 35.4 Å². The largest absolute Gasteiger partial charge is 0.366 e. The molecule has 4 saturated heterocycles. The Balaban J connectivity index is 0.000000303. The standard InChI is InChI=1S/C23H30O6.C5H11NO3S/c1-14-4-9-19-15(2)20(25-13-17-7-5-16(12-24)6-8-17)26-21-23(19)18(14)10-11-22(3,27-21)28-29-23;1-3(7)6-4(2-10)5(8)9/h5-8,12,14-15,18-21H,4,9-11,13H2,1-3H3;4-5,8-10H,2H2,1H3,(H,6,7)/t14-,15-,18?,19?,20?,21?,22?,23-;4-/m10/s1. The average molecular weight is 568 g/mol. The predicted octanol–water partition coefficient (Wildman–Crippen LogP) is 2.96. The third kappa shape index (κ3) is 6.36. The SMILES string of the molecule is CC(=O)N[C@@H](CS)C(O)O.C[C@H]1C(OCc2ccc(C=O)cc2)OC2OC3(C)CCC4[C@H](C)CCC1[C@@]24OO3. The van der Waals surface area contributed by atoms with E-state index in [1.165, 1.54) is 13.3 Å². The van der Waals surface area contributed by atoms with Crippen LogP contribution in [0.1, 0.15) is 69.3 Å². The highest BCUT2D eigenvalue weighted by Crippen LogP contribution is 2.60. The van der Waals surface area contributed by atoms with Crippen LogP contribution in [0.2, 0.25) is 0 Å². The molecule has 1 aromatic carbocycles. The van der Waals surface area contributed by atoms with Crippen LogP contribution in [0.4, 0.5) is 0 Å². The number of carbonyl (C=O) groups excluding carboxylic acids is 2. The first kappa shape index (κ1) is 30.4. The summed E-state index contributed by atoms with van der Waals surface area (Å²) >= 11 is 3.79. The van der Waals surface area contributed by atoms with Crippen molar-refractivity contribution >= 4 is 24.8 Å². The second kappa shape index (κ2) is 12.5. The minimum atomic E-state index is -1.54. The quantitative estimate of drug-likeness (QED) is 0.170. The number of hydrogen-bond acceptors (Lipinski definition) is 10. The van der Waals surface area contributed by atoms with Crippen LogP contribution in [0, 0.1) is 23.7 Å². The molecule has 218 valence electrons. The van der Waals surface area contributed by atoms with E-state index in [0.717, 1.165) is 31.1 Å². The molecule has 2 bridgehead atoms. The Morgan fingerprint density at radius 3 is 2.49 bits per heavy atom. The summed E-state index contributed by atoms with van der Waals surface area (Å²) < 4.78 is 19.0. The van der Waals surface area contributed by atoms with Gasteiger partial charge in [0.1, 0.15) is 6.29 Å². The number of aldehydes is 1. The number of aliphatic hydroxyl groups excluding tert-OH is 1. The minimum absolute atomic E-state index is 0.158. The normalized spacial score (nSPS) is 37.6. The zero-order valence-electron chi connectivity index (χ0n) is 22.9. The van der Waals surface area contributed by atoms with Gasteiger partial charge < -0.3 is 29.7 Å². The number of thiol groups is 1. The number of benzene rings is 1. The molecule has 5 fully saturated rings. The van der Waals surface area contributed by atoms with E-state index < -0.39 is 30.0 Å². The van der Waals surface area contributed by atoms with Crippen molar-refractivity contribution in [3.63, 3.8) is 0 Å². The van der Waals surface area contributed by atoms with Gasteiger partial charge in [-0.25, -0.2) is 9.78 Å². The van der Waals surface area contributed by atoms with E-state index in [1.54, 1.807) is 12.1 Å². The van der Waals surface area contributed by atoms with Gasteiger partial charge in [0.15, 0.2) is 24.5 Å². The average Bonchev–Trinajstić information content (AvgIpc) is 3.14. The molecule has 1 saturated carbocycles. The topological polar surface area (TPSA) is 133 Å². The van der Waals surface area contributed by atoms with Gasteiger partial charge in [-0.15, -0.1) is 0 Å². The van der Waals surface area contributed by atoms with E-state index in [9.17, 15) is 9.59 Å². The Hall–Kier alpha value is -1.57. The Morgan fingerprint density at radius 1 is 1.18 bits per heavy atom. The third-order valence-corrected chi connectivity index (χ3v) is 8.97. The Kier molecular flexibility index (Phi) is 9.76. The number of nitrogens with one attached hydrogen (secondary N) is 1. The van der Waals surface area contributed by atoms with Gasteiger partial charge in [-0.05, 0) is 43.6 Å². The van der Waals surface area contributed by atoms with E-state index in [1.807, 2.05) is 19.1 Å². The number of rotatable bonds is 7. The molecular formula is C28H41NO9S. The molecule has 9 atom stereocenters. The number of aliphatic hydroxyl groups is 2. The monoisotopic (exact) mass is 567 g/mol. The molecule has 1 amide bonds. The lowest BCUT2D eigenvalue weighted by Crippen LogP contribution is -2.70. The number of fused-ring (bicyclic) bond motifs is 2. The summed E-state index contributed by atoms with van der Waals surface area (Å²) in [5.74, 6) is 0.454. The molecule has 5 aliphatic rings. The van der Waals surface area contributed by atoms with Gasteiger partial charge in [-0.2, -0.15) is 12.6 Å². The zero-order valence-corrected chi connectivity index (χ0v) is 23.8. The summed E-state index contributed by atoms with van der Waals surface area (Å²) in [7, 11) is 0. The van der Waals surface area contributed by atoms with Crippen LogP contribution in [0.3, 0.4) is 0 Å². The number of amides is 1. The molecule has 0 aromatic heterocycles. The van der Waals surface area contributed by atoms with Crippen molar-refractivity contribution in [2.75, 3.05) is 5.75 Å². The smallest absolute Gasteiger partial charge is 0.217 e. The van der Waals surface area contributed by atoms with Crippen LogP contribution >= 0.6 is 12.6 Å². The first-order chi connectivity index (χ1) is 18.5. The highest BCUT2D eigenvalue weighted by atomic mass is 32.1. The maximum atomic E-state index is 10.9. The van der Waals surface area contributed by atoms with Gasteiger partial charge >= 0.3 is 0 Å². The van der Waals surface area contributed by atoms with Gasteiger partial charge in [0.05, 0.1) is 12.6 Å². The summed E-state index contributed by atoms with van der Waals surface area (Å²) in [5, 5.41) is 19.4. The molecule has 6 rings (SSSR count). The summed E-state index contributed by atoms with van der Waals surface area (Å²) in [4.78, 5) is 33.2.